The van der Waals surface area contributed by atoms with Crippen LogP contribution >= 0.6 is 0 Å². The van der Waals surface area contributed by atoms with Crippen LogP contribution in [0.4, 0.5) is 4.39 Å². The highest BCUT2D eigenvalue weighted by atomic mass is 19.1. The van der Waals surface area contributed by atoms with E-state index in [1.54, 1.807) is 12.1 Å². The van der Waals surface area contributed by atoms with Crippen molar-refractivity contribution in [3.05, 3.63) is 35.6 Å². The number of piperidine rings is 1. The van der Waals surface area contributed by atoms with Gasteiger partial charge >= 0.3 is 0 Å². The first-order chi connectivity index (χ1) is 9.65. The summed E-state index contributed by atoms with van der Waals surface area (Å²) >= 11 is 0. The number of piperazine rings is 1. The molecule has 3 heteroatoms. The molecule has 0 spiro atoms. The maximum absolute atomic E-state index is 13.1. The van der Waals surface area contributed by atoms with Gasteiger partial charge in [0.2, 0.25) is 0 Å². The summed E-state index contributed by atoms with van der Waals surface area (Å²) in [6.07, 6.45) is 4.06. The fraction of sp³-hybridized carbons (Fsp3) is 0.647. The van der Waals surface area contributed by atoms with E-state index in [1.807, 2.05) is 12.1 Å². The Morgan fingerprint density at radius 1 is 1.15 bits per heavy atom. The van der Waals surface area contributed by atoms with Crippen LogP contribution in [0.3, 0.4) is 0 Å². The van der Waals surface area contributed by atoms with Gasteiger partial charge in [-0.1, -0.05) is 18.6 Å². The molecule has 3 unspecified atom stereocenters. The quantitative estimate of drug-likeness (QED) is 0.816. The molecule has 110 valence electrons. The van der Waals surface area contributed by atoms with Crippen molar-refractivity contribution in [2.45, 2.75) is 51.2 Å². The molecule has 0 bridgehead atoms. The Morgan fingerprint density at radius 3 is 2.65 bits per heavy atom. The van der Waals surface area contributed by atoms with E-state index < -0.39 is 0 Å². The van der Waals surface area contributed by atoms with Crippen molar-refractivity contribution in [2.24, 2.45) is 0 Å². The molecule has 0 aliphatic carbocycles. The molecule has 0 radical (unpaired) electrons. The summed E-state index contributed by atoms with van der Waals surface area (Å²) in [6, 6.07) is 8.68. The van der Waals surface area contributed by atoms with E-state index in [-0.39, 0.29) is 5.82 Å². The Balaban J connectivity index is 1.73. The van der Waals surface area contributed by atoms with Gasteiger partial charge in [0.25, 0.3) is 0 Å². The highest BCUT2D eigenvalue weighted by Crippen LogP contribution is 2.30. The lowest BCUT2D eigenvalue weighted by molar-refractivity contribution is -0.00460. The maximum atomic E-state index is 13.1. The molecule has 3 atom stereocenters. The number of nitrogens with zero attached hydrogens (tertiary/aromatic N) is 2. The number of halogens is 1. The van der Waals surface area contributed by atoms with Crippen molar-refractivity contribution < 1.29 is 4.39 Å². The molecule has 2 aliphatic rings. The summed E-state index contributed by atoms with van der Waals surface area (Å²) in [5, 5.41) is 0. The van der Waals surface area contributed by atoms with Crippen LogP contribution in [0.25, 0.3) is 0 Å². The molecule has 0 N–H and O–H groups in total. The average Bonchev–Trinajstić information content (AvgIpc) is 2.46. The Bertz CT molecular complexity index is 445. The van der Waals surface area contributed by atoms with Gasteiger partial charge in [0.15, 0.2) is 0 Å². The largest absolute Gasteiger partial charge is 0.298 e. The van der Waals surface area contributed by atoms with Gasteiger partial charge in [-0.2, -0.15) is 0 Å². The van der Waals surface area contributed by atoms with Crippen molar-refractivity contribution in [1.82, 2.24) is 9.80 Å². The summed E-state index contributed by atoms with van der Waals surface area (Å²) in [5.41, 5.74) is 1.22. The Morgan fingerprint density at radius 2 is 1.90 bits per heavy atom. The van der Waals surface area contributed by atoms with Crippen molar-refractivity contribution in [3.63, 3.8) is 0 Å². The fourth-order valence-corrected chi connectivity index (χ4v) is 3.85. The zero-order valence-corrected chi connectivity index (χ0v) is 12.6. The minimum Gasteiger partial charge on any atom is -0.298 e. The number of fused-ring (bicyclic) bond motifs is 1. The van der Waals surface area contributed by atoms with Crippen molar-refractivity contribution in [3.8, 4) is 0 Å². The molecule has 0 aromatic heterocycles. The van der Waals surface area contributed by atoms with Gasteiger partial charge in [-0.25, -0.2) is 4.39 Å². The van der Waals surface area contributed by atoms with Crippen molar-refractivity contribution >= 4 is 0 Å². The van der Waals surface area contributed by atoms with Crippen LogP contribution in [0.15, 0.2) is 24.3 Å². The molecule has 1 aromatic carbocycles. The molecule has 0 amide bonds. The van der Waals surface area contributed by atoms with Gasteiger partial charge in [-0.15, -0.1) is 0 Å². The van der Waals surface area contributed by atoms with Gasteiger partial charge in [-0.05, 0) is 50.9 Å². The normalized spacial score (nSPS) is 29.9. The molecule has 2 nitrogen and oxygen atoms in total. The van der Waals surface area contributed by atoms with Gasteiger partial charge in [0.05, 0.1) is 0 Å². The van der Waals surface area contributed by atoms with Gasteiger partial charge < -0.3 is 0 Å². The summed E-state index contributed by atoms with van der Waals surface area (Å²) < 4.78 is 13.1. The zero-order chi connectivity index (χ0) is 14.1. The third kappa shape index (κ3) is 2.75. The maximum Gasteiger partial charge on any atom is 0.123 e. The number of hydrogen-bond donors (Lipinski definition) is 0. The first-order valence-electron chi connectivity index (χ1n) is 7.90. The standard InChI is InChI=1S/C17H25FN2/c1-13-11-19-10-4-3-5-17(19)12-20(13)14(2)15-6-8-16(18)9-7-15/h6-9,13-14,17H,3-5,10-12H2,1-2H3. The second-order valence-electron chi connectivity index (χ2n) is 6.42. The predicted molar refractivity (Wildman–Crippen MR) is 80.2 cm³/mol. The molecular weight excluding hydrogens is 251 g/mol. The lowest BCUT2D eigenvalue weighted by Crippen LogP contribution is -2.58. The Hall–Kier alpha value is -0.930. The van der Waals surface area contributed by atoms with E-state index in [2.05, 4.69) is 23.6 Å². The van der Waals surface area contributed by atoms with E-state index in [4.69, 9.17) is 0 Å². The third-order valence-electron chi connectivity index (χ3n) is 5.09. The minimum absolute atomic E-state index is 0.147. The Kier molecular flexibility index (Phi) is 4.08. The number of hydrogen-bond acceptors (Lipinski definition) is 2. The number of benzene rings is 1. The summed E-state index contributed by atoms with van der Waals surface area (Å²) in [7, 11) is 0. The first kappa shape index (κ1) is 14.0. The molecule has 20 heavy (non-hydrogen) atoms. The topological polar surface area (TPSA) is 6.48 Å². The molecule has 3 rings (SSSR count). The predicted octanol–water partition coefficient (Wildman–Crippen LogP) is 3.45. The van der Waals surface area contributed by atoms with Crippen LogP contribution in [0, 0.1) is 5.82 Å². The summed E-state index contributed by atoms with van der Waals surface area (Å²) in [5.74, 6) is -0.147. The van der Waals surface area contributed by atoms with E-state index in [0.717, 1.165) is 12.6 Å². The molecule has 0 saturated carbocycles. The van der Waals surface area contributed by atoms with E-state index >= 15 is 0 Å². The SMILES string of the molecule is CC1CN2CCCCC2CN1C(C)c1ccc(F)cc1. The fourth-order valence-electron chi connectivity index (χ4n) is 3.85. The molecule has 2 heterocycles. The molecule has 1 aromatic rings. The molecule has 2 fully saturated rings. The lowest BCUT2D eigenvalue weighted by Gasteiger charge is -2.49. The van der Waals surface area contributed by atoms with Crippen LogP contribution in [-0.2, 0) is 0 Å². The second-order valence-corrected chi connectivity index (χ2v) is 6.42. The minimum atomic E-state index is -0.147. The Labute approximate surface area is 121 Å². The summed E-state index contributed by atoms with van der Waals surface area (Å²) in [6.45, 7) is 8.18. The molecular formula is C17H25FN2. The van der Waals surface area contributed by atoms with Gasteiger partial charge in [0.1, 0.15) is 5.82 Å². The first-order valence-corrected chi connectivity index (χ1v) is 7.90. The van der Waals surface area contributed by atoms with Crippen LogP contribution < -0.4 is 0 Å². The third-order valence-corrected chi connectivity index (χ3v) is 5.09. The molecule has 2 saturated heterocycles. The average molecular weight is 276 g/mol. The van der Waals surface area contributed by atoms with E-state index in [1.165, 1.54) is 37.9 Å². The van der Waals surface area contributed by atoms with E-state index in [9.17, 15) is 4.39 Å². The van der Waals surface area contributed by atoms with E-state index in [0.29, 0.717) is 12.1 Å². The zero-order valence-electron chi connectivity index (χ0n) is 12.6. The van der Waals surface area contributed by atoms with Crippen LogP contribution in [0.2, 0.25) is 0 Å². The smallest absolute Gasteiger partial charge is 0.123 e. The number of rotatable bonds is 2. The van der Waals surface area contributed by atoms with Crippen molar-refractivity contribution in [1.29, 1.82) is 0 Å². The highest BCUT2D eigenvalue weighted by Gasteiger charge is 2.35. The van der Waals surface area contributed by atoms with Crippen molar-refractivity contribution in [2.75, 3.05) is 19.6 Å². The summed E-state index contributed by atoms with van der Waals surface area (Å²) in [4.78, 5) is 5.27. The van der Waals surface area contributed by atoms with Crippen LogP contribution in [-0.4, -0.2) is 41.5 Å². The van der Waals surface area contributed by atoms with Crippen LogP contribution in [0.5, 0.6) is 0 Å². The van der Waals surface area contributed by atoms with Gasteiger partial charge in [0, 0.05) is 31.2 Å². The monoisotopic (exact) mass is 276 g/mol. The molecule has 2 aliphatic heterocycles. The second kappa shape index (κ2) is 5.82. The van der Waals surface area contributed by atoms with Gasteiger partial charge in [-0.3, -0.25) is 9.80 Å². The highest BCUT2D eigenvalue weighted by molar-refractivity contribution is 5.20. The lowest BCUT2D eigenvalue weighted by atomic mass is 9.94. The van der Waals surface area contributed by atoms with Crippen LogP contribution in [0.1, 0.15) is 44.7 Å².